The van der Waals surface area contributed by atoms with Crippen LogP contribution in [-0.4, -0.2) is 90.2 Å². The van der Waals surface area contributed by atoms with Crippen LogP contribution in [0.1, 0.15) is 121 Å². The maximum absolute atomic E-state index is 12.5. The summed E-state index contributed by atoms with van der Waals surface area (Å²) in [7, 11) is 0. The van der Waals surface area contributed by atoms with Crippen molar-refractivity contribution >= 4 is 23.9 Å². The van der Waals surface area contributed by atoms with Gasteiger partial charge in [0.15, 0.2) is 24.6 Å². The van der Waals surface area contributed by atoms with E-state index in [-0.39, 0.29) is 28.8 Å². The van der Waals surface area contributed by atoms with E-state index in [9.17, 15) is 24.3 Å². The number of allylic oxidation sites excluding steroid dienone is 2. The quantitative estimate of drug-likeness (QED) is 0.140. The van der Waals surface area contributed by atoms with Crippen LogP contribution in [0.15, 0.2) is 24.3 Å². The number of esters is 4. The fourth-order valence-electron chi connectivity index (χ4n) is 12.6. The standard InChI is InChI=1S/C44H66O12/c1-25(13-12-18-39(6,7)49)30-16-19-42(11)32-17-20-44-33(43(32,24-51-44)22-21-41(30,42)10)14-15-34(40(44,8)9)56-38-37(54-29(5)48)36(53-28(4)47)35(52-27(3)46)31(55-38)23-50-26(2)45/h12,17-18,20,25,30-38,49H,13-16,19,21-24H2,1-11H3/b18-12+/t25-,30-,31-,32+,33+,34+,35-,36+,37-,38+,41-,42+,43+,44-/m1/s1. The lowest BCUT2D eigenvalue weighted by atomic mass is 9.38. The Morgan fingerprint density at radius 1 is 0.857 bits per heavy atom. The zero-order valence-electron chi connectivity index (χ0n) is 35.4. The number of rotatable bonds is 11. The van der Waals surface area contributed by atoms with Crippen molar-refractivity contribution < 1.29 is 57.4 Å². The van der Waals surface area contributed by atoms with Crippen molar-refractivity contribution in [3.8, 4) is 0 Å². The summed E-state index contributed by atoms with van der Waals surface area (Å²) >= 11 is 0. The van der Waals surface area contributed by atoms with E-state index in [0.29, 0.717) is 30.8 Å². The summed E-state index contributed by atoms with van der Waals surface area (Å²) in [5.41, 5.74) is -1.76. The SMILES string of the molecule is CC(=O)OC[C@H]1O[C@@H](O[C@H]2CC[C@H]3[C@]45CC[C@]6(C)[C@@H]([C@H](C)C/C=C/C(C)(C)O)CC[C@@]6(C)[C@@H]4C=C[C@]3(OC5)C2(C)C)[C@H](OC(C)=O)[C@@H](OC(C)=O)[C@@H]1OC(C)=O. The van der Waals surface area contributed by atoms with Gasteiger partial charge in [-0.1, -0.05) is 58.9 Å². The molecule has 12 nitrogen and oxygen atoms in total. The highest BCUT2D eigenvalue weighted by atomic mass is 16.7. The molecular weight excluding hydrogens is 720 g/mol. The molecule has 2 saturated heterocycles. The molecule has 2 aliphatic heterocycles. The number of carbonyl (C=O) groups excluding carboxylic acids is 4. The molecule has 6 rings (SSSR count). The Bertz CT molecular complexity index is 1600. The number of fused-ring (bicyclic) bond motifs is 2. The largest absolute Gasteiger partial charge is 0.463 e. The van der Waals surface area contributed by atoms with E-state index < -0.39 is 77.3 Å². The Balaban J connectivity index is 1.29. The summed E-state index contributed by atoms with van der Waals surface area (Å²) in [6.07, 6.45) is 9.36. The number of hydrogen-bond acceptors (Lipinski definition) is 12. The zero-order chi connectivity index (χ0) is 41.2. The van der Waals surface area contributed by atoms with Crippen LogP contribution in [0.3, 0.4) is 0 Å². The number of ether oxygens (including phenoxy) is 7. The molecule has 2 bridgehead atoms. The first-order valence-electron chi connectivity index (χ1n) is 20.7. The summed E-state index contributed by atoms with van der Waals surface area (Å²) in [5.74, 6) is -0.896. The Labute approximate surface area is 332 Å². The second-order valence-corrected chi connectivity index (χ2v) is 19.4. The summed E-state index contributed by atoms with van der Waals surface area (Å²) in [6, 6.07) is 0. The minimum atomic E-state index is -1.30. The van der Waals surface area contributed by atoms with Crippen molar-refractivity contribution in [1.29, 1.82) is 0 Å². The van der Waals surface area contributed by atoms with Gasteiger partial charge in [-0.3, -0.25) is 19.2 Å². The van der Waals surface area contributed by atoms with Crippen LogP contribution < -0.4 is 0 Å². The summed E-state index contributed by atoms with van der Waals surface area (Å²) in [5, 5.41) is 10.3. The third kappa shape index (κ3) is 7.16. The summed E-state index contributed by atoms with van der Waals surface area (Å²) in [4.78, 5) is 49.1. The molecule has 4 aliphatic carbocycles. The van der Waals surface area contributed by atoms with E-state index in [0.717, 1.165) is 25.7 Å². The van der Waals surface area contributed by atoms with Gasteiger partial charge in [0.1, 0.15) is 12.7 Å². The molecule has 6 aliphatic rings. The van der Waals surface area contributed by atoms with Gasteiger partial charge in [0.2, 0.25) is 0 Å². The smallest absolute Gasteiger partial charge is 0.303 e. The van der Waals surface area contributed by atoms with Gasteiger partial charge in [-0.25, -0.2) is 0 Å². The predicted molar refractivity (Wildman–Crippen MR) is 204 cm³/mol. The molecule has 0 radical (unpaired) electrons. The minimum absolute atomic E-state index is 0.0153. The molecule has 0 amide bonds. The molecule has 12 heteroatoms. The van der Waals surface area contributed by atoms with Gasteiger partial charge >= 0.3 is 23.9 Å². The lowest BCUT2D eigenvalue weighted by Gasteiger charge is -2.65. The van der Waals surface area contributed by atoms with Crippen LogP contribution in [0.4, 0.5) is 0 Å². The van der Waals surface area contributed by atoms with E-state index in [1.54, 1.807) is 0 Å². The van der Waals surface area contributed by atoms with Gasteiger partial charge in [-0.15, -0.1) is 0 Å². The molecule has 5 fully saturated rings. The van der Waals surface area contributed by atoms with Crippen LogP contribution >= 0.6 is 0 Å². The zero-order valence-corrected chi connectivity index (χ0v) is 35.4. The maximum Gasteiger partial charge on any atom is 0.303 e. The molecule has 56 heavy (non-hydrogen) atoms. The second-order valence-electron chi connectivity index (χ2n) is 19.4. The molecule has 1 N–H and O–H groups in total. The predicted octanol–water partition coefficient (Wildman–Crippen LogP) is 6.40. The monoisotopic (exact) mass is 786 g/mol. The first-order valence-corrected chi connectivity index (χ1v) is 20.7. The van der Waals surface area contributed by atoms with E-state index in [4.69, 9.17) is 33.2 Å². The van der Waals surface area contributed by atoms with Gasteiger partial charge < -0.3 is 38.3 Å². The van der Waals surface area contributed by atoms with Crippen LogP contribution in [0.5, 0.6) is 0 Å². The van der Waals surface area contributed by atoms with Crippen molar-refractivity contribution in [2.75, 3.05) is 13.2 Å². The van der Waals surface area contributed by atoms with Crippen molar-refractivity contribution in [1.82, 2.24) is 0 Å². The van der Waals surface area contributed by atoms with E-state index in [1.165, 1.54) is 40.5 Å². The van der Waals surface area contributed by atoms with Gasteiger partial charge in [0, 0.05) is 44.4 Å². The van der Waals surface area contributed by atoms with Gasteiger partial charge in [0.25, 0.3) is 0 Å². The van der Waals surface area contributed by atoms with Crippen molar-refractivity contribution in [3.05, 3.63) is 24.3 Å². The normalized spacial score (nSPS) is 42.9. The Morgan fingerprint density at radius 3 is 2.12 bits per heavy atom. The van der Waals surface area contributed by atoms with Gasteiger partial charge in [0.05, 0.1) is 23.9 Å². The third-order valence-electron chi connectivity index (χ3n) is 15.3. The highest BCUT2D eigenvalue weighted by molar-refractivity contribution is 5.68. The molecule has 1 spiro atoms. The first-order chi connectivity index (χ1) is 26.0. The van der Waals surface area contributed by atoms with E-state index in [2.05, 4.69) is 52.8 Å². The third-order valence-corrected chi connectivity index (χ3v) is 15.3. The first kappa shape index (κ1) is 42.8. The molecule has 0 aromatic heterocycles. The molecule has 0 aromatic rings. The van der Waals surface area contributed by atoms with Crippen LogP contribution in [0.25, 0.3) is 0 Å². The second kappa shape index (κ2) is 15.1. The Morgan fingerprint density at radius 2 is 1.50 bits per heavy atom. The highest BCUT2D eigenvalue weighted by Crippen LogP contribution is 2.77. The van der Waals surface area contributed by atoms with Crippen LogP contribution in [-0.2, 0) is 52.3 Å². The lowest BCUT2D eigenvalue weighted by Crippen LogP contribution is -2.67. The average Bonchev–Trinajstić information content (AvgIpc) is 3.47. The average molecular weight is 787 g/mol. The molecule has 0 unspecified atom stereocenters. The highest BCUT2D eigenvalue weighted by Gasteiger charge is 2.75. The number of carbonyl (C=O) groups is 4. The van der Waals surface area contributed by atoms with Crippen molar-refractivity contribution in [2.45, 2.75) is 169 Å². The lowest BCUT2D eigenvalue weighted by molar-refractivity contribution is -0.333. The number of aliphatic hydroxyl groups is 1. The molecule has 2 heterocycles. The van der Waals surface area contributed by atoms with Gasteiger partial charge in [-0.05, 0) is 87.4 Å². The fourth-order valence-corrected chi connectivity index (χ4v) is 12.6. The van der Waals surface area contributed by atoms with Crippen molar-refractivity contribution in [3.63, 3.8) is 0 Å². The molecule has 3 saturated carbocycles. The summed E-state index contributed by atoms with van der Waals surface area (Å²) < 4.78 is 42.7. The van der Waals surface area contributed by atoms with Crippen molar-refractivity contribution in [2.24, 2.45) is 45.3 Å². The molecule has 14 atom stereocenters. The number of hydrogen-bond donors (Lipinski definition) is 1. The minimum Gasteiger partial charge on any atom is -0.463 e. The molecule has 314 valence electrons. The fraction of sp³-hybridized carbons (Fsp3) is 0.818. The van der Waals surface area contributed by atoms with E-state index in [1.807, 2.05) is 19.9 Å². The summed E-state index contributed by atoms with van der Waals surface area (Å²) in [6.45, 7) is 20.7. The van der Waals surface area contributed by atoms with Gasteiger partial charge in [-0.2, -0.15) is 0 Å². The van der Waals surface area contributed by atoms with Crippen LogP contribution in [0, 0.1) is 45.3 Å². The molecular formula is C44H66O12. The topological polar surface area (TPSA) is 153 Å². The maximum atomic E-state index is 12.5. The Hall–Kier alpha value is -2.80. The Kier molecular flexibility index (Phi) is 11.5. The van der Waals surface area contributed by atoms with E-state index >= 15 is 0 Å². The van der Waals surface area contributed by atoms with Crippen LogP contribution in [0.2, 0.25) is 0 Å². The molecule has 0 aromatic carbocycles.